The lowest BCUT2D eigenvalue weighted by Crippen LogP contribution is -2.13. The Bertz CT molecular complexity index is 664. The summed E-state index contributed by atoms with van der Waals surface area (Å²) in [5.74, 6) is 0.326. The first kappa shape index (κ1) is 15.0. The molecular weight excluding hydrogens is 267 g/mol. The van der Waals surface area contributed by atoms with E-state index < -0.39 is 5.82 Å². The molecule has 0 amide bonds. The maximum Gasteiger partial charge on any atom is 0.124 e. The molecule has 1 atom stereocenters. The Balaban J connectivity index is 2.17. The van der Waals surface area contributed by atoms with Crippen LogP contribution in [0.3, 0.4) is 0 Å². The van der Waals surface area contributed by atoms with E-state index in [1.807, 2.05) is 44.3 Å². The molecule has 0 aliphatic heterocycles. The highest BCUT2D eigenvalue weighted by atomic mass is 19.1. The van der Waals surface area contributed by atoms with Gasteiger partial charge in [-0.1, -0.05) is 18.2 Å². The highest BCUT2D eigenvalue weighted by molar-refractivity contribution is 5.37. The molecule has 0 saturated heterocycles. The zero-order chi connectivity index (χ0) is 15.2. The van der Waals surface area contributed by atoms with Crippen LogP contribution in [-0.2, 0) is 6.61 Å². The molecule has 0 aliphatic rings. The van der Waals surface area contributed by atoms with Crippen molar-refractivity contribution >= 4 is 0 Å². The first-order valence-corrected chi connectivity index (χ1v) is 6.72. The molecule has 3 nitrogen and oxygen atoms in total. The topological polar surface area (TPSA) is 45.0 Å². The van der Waals surface area contributed by atoms with Crippen LogP contribution >= 0.6 is 0 Å². The van der Waals surface area contributed by atoms with Crippen molar-refractivity contribution < 1.29 is 9.13 Å². The van der Waals surface area contributed by atoms with E-state index in [-0.39, 0.29) is 12.6 Å². The lowest BCUT2D eigenvalue weighted by molar-refractivity contribution is 0.299. The number of nitrogens with one attached hydrogen (secondary N) is 1. The van der Waals surface area contributed by atoms with Gasteiger partial charge < -0.3 is 10.1 Å². The Morgan fingerprint density at radius 2 is 2.05 bits per heavy atom. The van der Waals surface area contributed by atoms with Crippen molar-refractivity contribution in [1.29, 1.82) is 5.26 Å². The van der Waals surface area contributed by atoms with Gasteiger partial charge in [0.2, 0.25) is 0 Å². The highest BCUT2D eigenvalue weighted by Gasteiger charge is 2.09. The smallest absolute Gasteiger partial charge is 0.124 e. The van der Waals surface area contributed by atoms with E-state index in [9.17, 15) is 4.39 Å². The molecule has 0 radical (unpaired) electrons. The third-order valence-electron chi connectivity index (χ3n) is 3.30. The predicted octanol–water partition coefficient (Wildman–Crippen LogP) is 3.56. The van der Waals surface area contributed by atoms with Crippen molar-refractivity contribution in [3.05, 3.63) is 65.0 Å². The zero-order valence-corrected chi connectivity index (χ0v) is 12.1. The maximum absolute atomic E-state index is 13.4. The van der Waals surface area contributed by atoms with Crippen LogP contribution in [0.5, 0.6) is 5.75 Å². The fourth-order valence-electron chi connectivity index (χ4n) is 2.08. The van der Waals surface area contributed by atoms with Crippen molar-refractivity contribution in [2.75, 3.05) is 7.05 Å². The number of ether oxygens (including phenoxy) is 1. The second-order valence-corrected chi connectivity index (χ2v) is 4.80. The molecule has 0 saturated carbocycles. The van der Waals surface area contributed by atoms with Gasteiger partial charge in [-0.3, -0.25) is 0 Å². The van der Waals surface area contributed by atoms with Gasteiger partial charge in [0.25, 0.3) is 0 Å². The number of hydrogen-bond acceptors (Lipinski definition) is 3. The number of nitriles is 1. The van der Waals surface area contributed by atoms with Crippen molar-refractivity contribution in [1.82, 2.24) is 5.32 Å². The van der Waals surface area contributed by atoms with Crippen LogP contribution in [-0.4, -0.2) is 7.05 Å². The second kappa shape index (κ2) is 6.87. The van der Waals surface area contributed by atoms with Gasteiger partial charge in [0, 0.05) is 11.6 Å². The van der Waals surface area contributed by atoms with Gasteiger partial charge in [-0.15, -0.1) is 0 Å². The third kappa shape index (κ3) is 3.80. The first-order valence-electron chi connectivity index (χ1n) is 6.72. The van der Waals surface area contributed by atoms with E-state index in [1.165, 1.54) is 12.1 Å². The average Bonchev–Trinajstić information content (AvgIpc) is 2.51. The Kier molecular flexibility index (Phi) is 4.91. The number of benzene rings is 2. The standard InChI is InChI=1S/C17H17FN2O/c1-12(20-2)16-5-3-4-6-17(16)21-11-14-7-13(10-19)8-15(18)9-14/h3-9,12,20H,11H2,1-2H3. The van der Waals surface area contributed by atoms with Crippen molar-refractivity contribution in [2.45, 2.75) is 19.6 Å². The van der Waals surface area contributed by atoms with E-state index >= 15 is 0 Å². The van der Waals surface area contributed by atoms with Gasteiger partial charge in [0.1, 0.15) is 18.2 Å². The van der Waals surface area contributed by atoms with Crippen molar-refractivity contribution in [3.8, 4) is 11.8 Å². The lowest BCUT2D eigenvalue weighted by Gasteiger charge is -2.16. The summed E-state index contributed by atoms with van der Waals surface area (Å²) < 4.78 is 19.2. The monoisotopic (exact) mass is 284 g/mol. The fraction of sp³-hybridized carbons (Fsp3) is 0.235. The summed E-state index contributed by atoms with van der Waals surface area (Å²) in [6.45, 7) is 2.26. The number of halogens is 1. The van der Waals surface area contributed by atoms with E-state index in [0.29, 0.717) is 11.1 Å². The molecule has 0 aromatic heterocycles. The van der Waals surface area contributed by atoms with Crippen LogP contribution in [0.4, 0.5) is 4.39 Å². The van der Waals surface area contributed by atoms with Crippen LogP contribution in [0.1, 0.15) is 29.7 Å². The predicted molar refractivity (Wildman–Crippen MR) is 79.4 cm³/mol. The molecule has 2 aromatic rings. The van der Waals surface area contributed by atoms with Crippen LogP contribution in [0.25, 0.3) is 0 Å². The summed E-state index contributed by atoms with van der Waals surface area (Å²) in [6.07, 6.45) is 0. The van der Waals surface area contributed by atoms with Crippen molar-refractivity contribution in [2.24, 2.45) is 0 Å². The maximum atomic E-state index is 13.4. The van der Waals surface area contributed by atoms with Crippen LogP contribution in [0, 0.1) is 17.1 Å². The van der Waals surface area contributed by atoms with Crippen LogP contribution in [0.2, 0.25) is 0 Å². The minimum Gasteiger partial charge on any atom is -0.489 e. The van der Waals surface area contributed by atoms with E-state index in [1.54, 1.807) is 6.07 Å². The normalized spacial score (nSPS) is 11.7. The van der Waals surface area contributed by atoms with Gasteiger partial charge >= 0.3 is 0 Å². The fourth-order valence-corrected chi connectivity index (χ4v) is 2.08. The quantitative estimate of drug-likeness (QED) is 0.913. The highest BCUT2D eigenvalue weighted by Crippen LogP contribution is 2.25. The summed E-state index contributed by atoms with van der Waals surface area (Å²) in [5.41, 5.74) is 1.97. The van der Waals surface area contributed by atoms with Gasteiger partial charge in [-0.25, -0.2) is 4.39 Å². The van der Waals surface area contributed by atoms with Crippen LogP contribution < -0.4 is 10.1 Å². The van der Waals surface area contributed by atoms with Crippen molar-refractivity contribution in [3.63, 3.8) is 0 Å². The molecule has 4 heteroatoms. The summed E-state index contributed by atoms with van der Waals surface area (Å²) in [7, 11) is 1.88. The Morgan fingerprint density at radius 3 is 2.76 bits per heavy atom. The molecule has 0 spiro atoms. The van der Waals surface area contributed by atoms with E-state index in [2.05, 4.69) is 5.32 Å². The van der Waals surface area contributed by atoms with E-state index in [4.69, 9.17) is 10.00 Å². The third-order valence-corrected chi connectivity index (χ3v) is 3.30. The Labute approximate surface area is 124 Å². The number of rotatable bonds is 5. The molecule has 1 N–H and O–H groups in total. The van der Waals surface area contributed by atoms with Gasteiger partial charge in [-0.2, -0.15) is 5.26 Å². The molecular formula is C17H17FN2O. The Hall–Kier alpha value is -2.38. The number of hydrogen-bond donors (Lipinski definition) is 1. The van der Waals surface area contributed by atoms with Gasteiger partial charge in [0.05, 0.1) is 11.6 Å². The van der Waals surface area contributed by atoms with Gasteiger partial charge in [-0.05, 0) is 43.8 Å². The minimum absolute atomic E-state index is 0.156. The Morgan fingerprint density at radius 1 is 1.29 bits per heavy atom. The molecule has 0 aliphatic carbocycles. The summed E-state index contributed by atoms with van der Waals surface area (Å²) in [5, 5.41) is 12.0. The molecule has 2 rings (SSSR count). The number of para-hydroxylation sites is 1. The molecule has 0 bridgehead atoms. The largest absolute Gasteiger partial charge is 0.489 e. The molecule has 2 aromatic carbocycles. The molecule has 0 heterocycles. The molecule has 21 heavy (non-hydrogen) atoms. The summed E-state index contributed by atoms with van der Waals surface area (Å²) in [4.78, 5) is 0. The zero-order valence-electron chi connectivity index (χ0n) is 12.1. The SMILES string of the molecule is CNC(C)c1ccccc1OCc1cc(F)cc(C#N)c1. The summed E-state index contributed by atoms with van der Waals surface area (Å²) in [6, 6.07) is 14.0. The lowest BCUT2D eigenvalue weighted by atomic mass is 10.1. The van der Waals surface area contributed by atoms with E-state index in [0.717, 1.165) is 11.3 Å². The van der Waals surface area contributed by atoms with Gasteiger partial charge in [0.15, 0.2) is 0 Å². The van der Waals surface area contributed by atoms with Crippen LogP contribution in [0.15, 0.2) is 42.5 Å². The second-order valence-electron chi connectivity index (χ2n) is 4.80. The summed E-state index contributed by atoms with van der Waals surface area (Å²) >= 11 is 0. The average molecular weight is 284 g/mol. The number of nitrogens with zero attached hydrogens (tertiary/aromatic N) is 1. The molecule has 1 unspecified atom stereocenters. The first-order chi connectivity index (χ1) is 10.1. The molecule has 108 valence electrons. The molecule has 0 fully saturated rings. The minimum atomic E-state index is -0.426.